The van der Waals surface area contributed by atoms with Crippen LogP contribution in [0.1, 0.15) is 18.1 Å². The van der Waals surface area contributed by atoms with Crippen molar-refractivity contribution in [1.82, 2.24) is 5.32 Å². The molecule has 0 radical (unpaired) electrons. The second kappa shape index (κ2) is 8.69. The molecule has 1 saturated heterocycles. The lowest BCUT2D eigenvalue weighted by Gasteiger charge is -2.23. The first kappa shape index (κ1) is 16.7. The zero-order valence-corrected chi connectivity index (χ0v) is 13.2. The maximum atomic E-state index is 10.4. The molecule has 1 atom stereocenters. The van der Waals surface area contributed by atoms with Crippen molar-refractivity contribution in [3.63, 3.8) is 0 Å². The smallest absolute Gasteiger partial charge is 0.0908 e. The SMILES string of the molecule is C1COCCN1.CC(O)(Cc1ccccc1)c1ccccc1. The third kappa shape index (κ3) is 5.60. The maximum Gasteiger partial charge on any atom is 0.0908 e. The molecule has 0 aliphatic carbocycles. The summed E-state index contributed by atoms with van der Waals surface area (Å²) in [5, 5.41) is 13.6. The first-order chi connectivity index (χ1) is 10.7. The number of rotatable bonds is 3. The highest BCUT2D eigenvalue weighted by Gasteiger charge is 2.22. The lowest BCUT2D eigenvalue weighted by atomic mass is 9.89. The van der Waals surface area contributed by atoms with Crippen molar-refractivity contribution in [3.8, 4) is 0 Å². The number of benzene rings is 2. The van der Waals surface area contributed by atoms with Gasteiger partial charge in [0.05, 0.1) is 18.8 Å². The molecular weight excluding hydrogens is 274 g/mol. The Morgan fingerprint density at radius 1 is 0.955 bits per heavy atom. The average molecular weight is 299 g/mol. The van der Waals surface area contributed by atoms with Crippen molar-refractivity contribution in [2.24, 2.45) is 0 Å². The van der Waals surface area contributed by atoms with Crippen LogP contribution in [0.5, 0.6) is 0 Å². The van der Waals surface area contributed by atoms with Gasteiger partial charge in [-0.05, 0) is 18.1 Å². The zero-order valence-electron chi connectivity index (χ0n) is 13.2. The minimum Gasteiger partial charge on any atom is -0.385 e. The van der Waals surface area contributed by atoms with Gasteiger partial charge in [-0.2, -0.15) is 0 Å². The van der Waals surface area contributed by atoms with E-state index in [1.54, 1.807) is 0 Å². The summed E-state index contributed by atoms with van der Waals surface area (Å²) in [6, 6.07) is 19.8. The molecule has 2 aromatic carbocycles. The summed E-state index contributed by atoms with van der Waals surface area (Å²) in [4.78, 5) is 0. The molecule has 22 heavy (non-hydrogen) atoms. The largest absolute Gasteiger partial charge is 0.385 e. The molecule has 3 nitrogen and oxygen atoms in total. The monoisotopic (exact) mass is 299 g/mol. The fraction of sp³-hybridized carbons (Fsp3) is 0.368. The molecule has 1 fully saturated rings. The molecule has 118 valence electrons. The summed E-state index contributed by atoms with van der Waals surface area (Å²) in [5.41, 5.74) is 1.30. The lowest BCUT2D eigenvalue weighted by molar-refractivity contribution is 0.0576. The highest BCUT2D eigenvalue weighted by Crippen LogP contribution is 2.24. The van der Waals surface area contributed by atoms with Crippen LogP contribution in [0.2, 0.25) is 0 Å². The summed E-state index contributed by atoms with van der Waals surface area (Å²) in [6.45, 7) is 5.69. The van der Waals surface area contributed by atoms with Crippen molar-refractivity contribution in [2.75, 3.05) is 26.3 Å². The van der Waals surface area contributed by atoms with E-state index < -0.39 is 5.60 Å². The van der Waals surface area contributed by atoms with E-state index in [2.05, 4.69) is 5.32 Å². The molecule has 0 amide bonds. The molecule has 1 heterocycles. The molecule has 0 spiro atoms. The van der Waals surface area contributed by atoms with Crippen LogP contribution in [-0.2, 0) is 16.8 Å². The Morgan fingerprint density at radius 2 is 1.50 bits per heavy atom. The molecule has 3 heteroatoms. The summed E-state index contributed by atoms with van der Waals surface area (Å²) in [6.07, 6.45) is 0.637. The quantitative estimate of drug-likeness (QED) is 0.915. The third-order valence-corrected chi connectivity index (χ3v) is 3.63. The zero-order chi connectivity index (χ0) is 15.7. The van der Waals surface area contributed by atoms with Crippen LogP contribution >= 0.6 is 0 Å². The van der Waals surface area contributed by atoms with Crippen molar-refractivity contribution in [3.05, 3.63) is 71.8 Å². The van der Waals surface area contributed by atoms with Crippen LogP contribution < -0.4 is 5.32 Å². The Bertz CT molecular complexity index is 510. The van der Waals surface area contributed by atoms with Gasteiger partial charge >= 0.3 is 0 Å². The van der Waals surface area contributed by atoms with Crippen LogP contribution in [0.4, 0.5) is 0 Å². The van der Waals surface area contributed by atoms with Gasteiger partial charge in [-0.3, -0.25) is 0 Å². The second-order valence-corrected chi connectivity index (χ2v) is 5.66. The summed E-state index contributed by atoms with van der Waals surface area (Å²) >= 11 is 0. The lowest BCUT2D eigenvalue weighted by Crippen LogP contribution is -2.30. The molecular formula is C19H25NO2. The molecule has 1 unspecified atom stereocenters. The fourth-order valence-corrected chi connectivity index (χ4v) is 2.41. The van der Waals surface area contributed by atoms with Gasteiger partial charge < -0.3 is 15.2 Å². The van der Waals surface area contributed by atoms with Crippen LogP contribution in [0.25, 0.3) is 0 Å². The first-order valence-electron chi connectivity index (χ1n) is 7.79. The number of nitrogens with one attached hydrogen (secondary N) is 1. The van der Waals surface area contributed by atoms with Crippen LogP contribution in [0.15, 0.2) is 60.7 Å². The van der Waals surface area contributed by atoms with Crippen molar-refractivity contribution in [1.29, 1.82) is 0 Å². The highest BCUT2D eigenvalue weighted by atomic mass is 16.5. The second-order valence-electron chi connectivity index (χ2n) is 5.66. The van der Waals surface area contributed by atoms with Gasteiger partial charge in [0.25, 0.3) is 0 Å². The summed E-state index contributed by atoms with van der Waals surface area (Å²) < 4.78 is 5.01. The Kier molecular flexibility index (Phi) is 6.59. The molecule has 1 aliphatic heterocycles. The van der Waals surface area contributed by atoms with Gasteiger partial charge in [0.2, 0.25) is 0 Å². The van der Waals surface area contributed by atoms with E-state index in [1.807, 2.05) is 67.6 Å². The van der Waals surface area contributed by atoms with Crippen LogP contribution in [-0.4, -0.2) is 31.4 Å². The van der Waals surface area contributed by atoms with Crippen molar-refractivity contribution < 1.29 is 9.84 Å². The maximum absolute atomic E-state index is 10.4. The van der Waals surface area contributed by atoms with E-state index in [1.165, 1.54) is 0 Å². The molecule has 0 saturated carbocycles. The Morgan fingerprint density at radius 3 is 1.95 bits per heavy atom. The van der Waals surface area contributed by atoms with E-state index in [0.717, 1.165) is 37.4 Å². The van der Waals surface area contributed by atoms with E-state index in [4.69, 9.17) is 4.74 Å². The third-order valence-electron chi connectivity index (χ3n) is 3.63. The fourth-order valence-electron chi connectivity index (χ4n) is 2.41. The molecule has 1 aliphatic rings. The Labute approximate surface area is 133 Å². The topological polar surface area (TPSA) is 41.5 Å². The Hall–Kier alpha value is -1.68. The van der Waals surface area contributed by atoms with Gasteiger partial charge in [0.1, 0.15) is 0 Å². The van der Waals surface area contributed by atoms with Crippen molar-refractivity contribution in [2.45, 2.75) is 18.9 Å². The molecule has 0 bridgehead atoms. The number of aliphatic hydroxyl groups is 1. The standard InChI is InChI=1S/C15H16O.C4H9NO/c1-15(16,14-10-6-3-7-11-14)12-13-8-4-2-5-9-13;1-3-6-4-2-5-1/h2-11,16H,12H2,1H3;5H,1-4H2. The van der Waals surface area contributed by atoms with Gasteiger partial charge in [-0.15, -0.1) is 0 Å². The van der Waals surface area contributed by atoms with E-state index in [-0.39, 0.29) is 0 Å². The van der Waals surface area contributed by atoms with Gasteiger partial charge in [-0.25, -0.2) is 0 Å². The van der Waals surface area contributed by atoms with Gasteiger partial charge in [0, 0.05) is 19.5 Å². The molecule has 0 aromatic heterocycles. The van der Waals surface area contributed by atoms with E-state index >= 15 is 0 Å². The van der Waals surface area contributed by atoms with Gasteiger partial charge in [-0.1, -0.05) is 60.7 Å². The number of ether oxygens (including phenoxy) is 1. The average Bonchev–Trinajstić information content (AvgIpc) is 2.58. The van der Waals surface area contributed by atoms with Crippen molar-refractivity contribution >= 4 is 0 Å². The number of morpholine rings is 1. The minimum absolute atomic E-state index is 0.637. The minimum atomic E-state index is -0.803. The number of hydrogen-bond acceptors (Lipinski definition) is 3. The highest BCUT2D eigenvalue weighted by molar-refractivity contribution is 5.25. The van der Waals surface area contributed by atoms with Crippen LogP contribution in [0.3, 0.4) is 0 Å². The van der Waals surface area contributed by atoms with E-state index in [9.17, 15) is 5.11 Å². The molecule has 2 aromatic rings. The molecule has 2 N–H and O–H groups in total. The summed E-state index contributed by atoms with van der Waals surface area (Å²) in [5.74, 6) is 0. The summed E-state index contributed by atoms with van der Waals surface area (Å²) in [7, 11) is 0. The normalized spacial score (nSPS) is 17.0. The predicted octanol–water partition coefficient (Wildman–Crippen LogP) is 2.74. The Balaban J connectivity index is 0.000000246. The van der Waals surface area contributed by atoms with Crippen LogP contribution in [0, 0.1) is 0 Å². The predicted molar refractivity (Wildman–Crippen MR) is 89.8 cm³/mol. The molecule has 3 rings (SSSR count). The first-order valence-corrected chi connectivity index (χ1v) is 7.79. The number of hydrogen-bond donors (Lipinski definition) is 2. The van der Waals surface area contributed by atoms with Gasteiger partial charge in [0.15, 0.2) is 0 Å². The van der Waals surface area contributed by atoms with E-state index in [0.29, 0.717) is 6.42 Å².